The van der Waals surface area contributed by atoms with Gasteiger partial charge in [-0.15, -0.1) is 0 Å². The summed E-state index contributed by atoms with van der Waals surface area (Å²) < 4.78 is 0. The average molecular weight is 291 g/mol. The van der Waals surface area contributed by atoms with E-state index in [1.165, 1.54) is 44.3 Å². The lowest BCUT2D eigenvalue weighted by Crippen LogP contribution is -2.42. The summed E-state index contributed by atoms with van der Waals surface area (Å²) in [7, 11) is 0. The third kappa shape index (κ3) is 2.28. The van der Waals surface area contributed by atoms with Gasteiger partial charge in [0.15, 0.2) is 0 Å². The molecule has 1 atom stereocenters. The van der Waals surface area contributed by atoms with Crippen LogP contribution in [-0.2, 0) is 11.8 Å². The van der Waals surface area contributed by atoms with Gasteiger partial charge in [0.25, 0.3) is 0 Å². The molecule has 0 amide bonds. The maximum atomic E-state index is 2.67. The Morgan fingerprint density at radius 1 is 0.864 bits per heavy atom. The fourth-order valence-electron chi connectivity index (χ4n) is 4.57. The highest BCUT2D eigenvalue weighted by Crippen LogP contribution is 2.46. The van der Waals surface area contributed by atoms with Crippen LogP contribution in [0.3, 0.4) is 0 Å². The number of aryl methyl sites for hydroxylation is 1. The van der Waals surface area contributed by atoms with Gasteiger partial charge in [-0.3, -0.25) is 4.90 Å². The van der Waals surface area contributed by atoms with Gasteiger partial charge in [0.05, 0.1) is 0 Å². The zero-order chi connectivity index (χ0) is 15.0. The van der Waals surface area contributed by atoms with Crippen LogP contribution in [0, 0.1) is 0 Å². The molecule has 22 heavy (non-hydrogen) atoms. The van der Waals surface area contributed by atoms with E-state index >= 15 is 0 Å². The van der Waals surface area contributed by atoms with Crippen molar-refractivity contribution >= 4 is 0 Å². The Morgan fingerprint density at radius 2 is 1.55 bits per heavy atom. The normalized spacial score (nSPS) is 21.7. The number of benzene rings is 2. The predicted octanol–water partition coefficient (Wildman–Crippen LogP) is 4.73. The van der Waals surface area contributed by atoms with Crippen molar-refractivity contribution in [2.24, 2.45) is 0 Å². The third-order valence-corrected chi connectivity index (χ3v) is 6.05. The van der Waals surface area contributed by atoms with Crippen LogP contribution in [0.1, 0.15) is 48.9 Å². The number of nitrogens with zero attached hydrogens (tertiary/aromatic N) is 1. The van der Waals surface area contributed by atoms with Crippen molar-refractivity contribution in [2.75, 3.05) is 13.1 Å². The molecule has 1 heteroatoms. The van der Waals surface area contributed by atoms with Gasteiger partial charge in [0.2, 0.25) is 0 Å². The molecule has 4 rings (SSSR count). The highest BCUT2D eigenvalue weighted by Gasteiger charge is 2.41. The molecule has 1 unspecified atom stereocenters. The van der Waals surface area contributed by atoms with E-state index < -0.39 is 0 Å². The molecule has 1 aliphatic carbocycles. The number of fused-ring (bicyclic) bond motifs is 2. The first kappa shape index (κ1) is 14.0. The van der Waals surface area contributed by atoms with Crippen LogP contribution < -0.4 is 0 Å². The molecule has 0 N–H and O–H groups in total. The Bertz CT molecular complexity index is 638. The summed E-state index contributed by atoms with van der Waals surface area (Å²) in [6, 6.07) is 20.6. The van der Waals surface area contributed by atoms with Crippen molar-refractivity contribution < 1.29 is 0 Å². The molecular weight excluding hydrogens is 266 g/mol. The van der Waals surface area contributed by atoms with Gasteiger partial charge in [-0.2, -0.15) is 0 Å². The lowest BCUT2D eigenvalue weighted by atomic mass is 9.73. The molecule has 0 aromatic heterocycles. The zero-order valence-corrected chi connectivity index (χ0v) is 13.5. The zero-order valence-electron chi connectivity index (χ0n) is 13.5. The summed E-state index contributed by atoms with van der Waals surface area (Å²) in [5, 5.41) is 0. The van der Waals surface area contributed by atoms with Gasteiger partial charge in [-0.1, -0.05) is 54.6 Å². The van der Waals surface area contributed by atoms with Crippen molar-refractivity contribution in [2.45, 2.75) is 44.1 Å². The number of piperidine rings is 1. The Balaban J connectivity index is 1.50. The van der Waals surface area contributed by atoms with E-state index in [-0.39, 0.29) is 0 Å². The van der Waals surface area contributed by atoms with E-state index in [1.807, 2.05) is 0 Å². The topological polar surface area (TPSA) is 3.24 Å². The molecule has 1 saturated heterocycles. The number of hydrogen-bond acceptors (Lipinski definition) is 1. The second-order valence-corrected chi connectivity index (χ2v) is 7.06. The minimum Gasteiger partial charge on any atom is -0.297 e. The first-order valence-electron chi connectivity index (χ1n) is 8.66. The number of rotatable bonds is 2. The predicted molar refractivity (Wildman–Crippen MR) is 92.1 cm³/mol. The Kier molecular flexibility index (Phi) is 3.54. The quantitative estimate of drug-likeness (QED) is 0.773. The van der Waals surface area contributed by atoms with Crippen LogP contribution in [0.5, 0.6) is 0 Å². The minimum absolute atomic E-state index is 0.476. The minimum atomic E-state index is 0.476. The van der Waals surface area contributed by atoms with Gasteiger partial charge < -0.3 is 0 Å². The van der Waals surface area contributed by atoms with Crippen LogP contribution in [0.4, 0.5) is 0 Å². The molecule has 0 bridgehead atoms. The van der Waals surface area contributed by atoms with E-state index in [0.717, 1.165) is 0 Å². The standard InChI is InChI=1S/C21H25N/c1-17(18-7-3-2-4-8-18)22-15-13-21(14-16-22)12-11-19-9-5-6-10-20(19)21/h2-10,17H,11-16H2,1H3. The second kappa shape index (κ2) is 5.55. The summed E-state index contributed by atoms with van der Waals surface area (Å²) in [4.78, 5) is 2.67. The fraction of sp³-hybridized carbons (Fsp3) is 0.429. The van der Waals surface area contributed by atoms with Gasteiger partial charge in [0.1, 0.15) is 0 Å². The molecule has 2 aliphatic rings. The summed E-state index contributed by atoms with van der Waals surface area (Å²) in [6.45, 7) is 4.81. The molecule has 0 saturated carbocycles. The largest absolute Gasteiger partial charge is 0.297 e. The van der Waals surface area contributed by atoms with Crippen LogP contribution in [0.25, 0.3) is 0 Å². The number of hydrogen-bond donors (Lipinski definition) is 0. The second-order valence-electron chi connectivity index (χ2n) is 7.06. The van der Waals surface area contributed by atoms with E-state index in [9.17, 15) is 0 Å². The van der Waals surface area contributed by atoms with Crippen molar-refractivity contribution in [1.82, 2.24) is 4.90 Å². The Labute approximate surface area is 134 Å². The molecular formula is C21H25N. The number of likely N-dealkylation sites (tertiary alicyclic amines) is 1. The molecule has 1 fully saturated rings. The first-order valence-corrected chi connectivity index (χ1v) is 8.66. The molecule has 0 radical (unpaired) electrons. The average Bonchev–Trinajstić information content (AvgIpc) is 2.95. The van der Waals surface area contributed by atoms with Gasteiger partial charge in [-0.25, -0.2) is 0 Å². The van der Waals surface area contributed by atoms with Crippen molar-refractivity contribution in [3.8, 4) is 0 Å². The highest BCUT2D eigenvalue weighted by atomic mass is 15.2. The maximum absolute atomic E-state index is 2.67. The van der Waals surface area contributed by atoms with Crippen LogP contribution in [0.15, 0.2) is 54.6 Å². The Hall–Kier alpha value is -1.60. The third-order valence-electron chi connectivity index (χ3n) is 6.05. The van der Waals surface area contributed by atoms with Crippen molar-refractivity contribution in [3.05, 3.63) is 71.3 Å². The molecule has 1 spiro atoms. The summed E-state index contributed by atoms with van der Waals surface area (Å²) >= 11 is 0. The molecule has 2 aromatic rings. The van der Waals surface area contributed by atoms with E-state index in [4.69, 9.17) is 0 Å². The molecule has 1 nitrogen and oxygen atoms in total. The summed E-state index contributed by atoms with van der Waals surface area (Å²) in [5.41, 5.74) is 5.18. The van der Waals surface area contributed by atoms with Crippen molar-refractivity contribution in [3.63, 3.8) is 0 Å². The van der Waals surface area contributed by atoms with Crippen LogP contribution in [-0.4, -0.2) is 18.0 Å². The lowest BCUT2D eigenvalue weighted by molar-refractivity contribution is 0.121. The van der Waals surface area contributed by atoms with Crippen LogP contribution >= 0.6 is 0 Å². The maximum Gasteiger partial charge on any atom is 0.0319 e. The molecule has 1 aliphatic heterocycles. The van der Waals surface area contributed by atoms with E-state index in [0.29, 0.717) is 11.5 Å². The van der Waals surface area contributed by atoms with Gasteiger partial charge in [0, 0.05) is 6.04 Å². The van der Waals surface area contributed by atoms with Crippen LogP contribution in [0.2, 0.25) is 0 Å². The van der Waals surface area contributed by atoms with E-state index in [2.05, 4.69) is 66.4 Å². The fourth-order valence-corrected chi connectivity index (χ4v) is 4.57. The van der Waals surface area contributed by atoms with Gasteiger partial charge >= 0.3 is 0 Å². The molecule has 114 valence electrons. The smallest absolute Gasteiger partial charge is 0.0319 e. The lowest BCUT2D eigenvalue weighted by Gasteiger charge is -2.42. The summed E-state index contributed by atoms with van der Waals surface area (Å²) in [5.74, 6) is 0. The van der Waals surface area contributed by atoms with Crippen molar-refractivity contribution in [1.29, 1.82) is 0 Å². The van der Waals surface area contributed by atoms with E-state index in [1.54, 1.807) is 11.1 Å². The Morgan fingerprint density at radius 3 is 2.32 bits per heavy atom. The highest BCUT2D eigenvalue weighted by molar-refractivity contribution is 5.39. The van der Waals surface area contributed by atoms with Gasteiger partial charge in [-0.05, 0) is 67.8 Å². The monoisotopic (exact) mass is 291 g/mol. The summed E-state index contributed by atoms with van der Waals surface area (Å²) in [6.07, 6.45) is 5.28. The molecule has 2 aromatic carbocycles. The SMILES string of the molecule is CC(c1ccccc1)N1CCC2(CCc3ccccc32)CC1. The first-order chi connectivity index (χ1) is 10.8. The molecule has 1 heterocycles.